The van der Waals surface area contributed by atoms with E-state index in [9.17, 15) is 14.7 Å². The largest absolute Gasteiger partial charge is 0.476 e. The lowest BCUT2D eigenvalue weighted by atomic mass is 9.98. The maximum atomic E-state index is 12.5. The summed E-state index contributed by atoms with van der Waals surface area (Å²) >= 11 is 1.08. The third-order valence-electron chi connectivity index (χ3n) is 4.67. The second-order valence-corrected chi connectivity index (χ2v) is 7.01. The third-order valence-corrected chi connectivity index (χ3v) is 5.57. The second kappa shape index (κ2) is 6.85. The van der Waals surface area contributed by atoms with Gasteiger partial charge in [0.2, 0.25) is 0 Å². The molecule has 0 atom stereocenters. The molecule has 1 heterocycles. The summed E-state index contributed by atoms with van der Waals surface area (Å²) in [6.45, 7) is 0.179. The summed E-state index contributed by atoms with van der Waals surface area (Å²) in [5, 5.41) is 9.42. The highest BCUT2D eigenvalue weighted by Gasteiger charge is 2.30. The Morgan fingerprint density at radius 1 is 1.11 bits per heavy atom. The van der Waals surface area contributed by atoms with Crippen molar-refractivity contribution in [2.45, 2.75) is 5.92 Å². The van der Waals surface area contributed by atoms with Crippen LogP contribution in [0.1, 0.15) is 27.5 Å². The number of amides is 1. The lowest BCUT2D eigenvalue weighted by Gasteiger charge is -2.18. The van der Waals surface area contributed by atoms with Crippen molar-refractivity contribution < 1.29 is 19.4 Å². The topological polar surface area (TPSA) is 79.7 Å². The molecule has 7 heteroatoms. The minimum atomic E-state index is -1.18. The fraction of sp³-hybridized carbons (Fsp3) is 0.150. The molecule has 136 valence electrons. The Labute approximate surface area is 159 Å². The number of carboxylic acids is 1. The fourth-order valence-electron chi connectivity index (χ4n) is 3.40. The molecule has 1 amide bonds. The molecular formula is C20H16N2O4S. The highest BCUT2D eigenvalue weighted by Crippen LogP contribution is 2.44. The molecule has 0 fully saturated rings. The van der Waals surface area contributed by atoms with Crippen LogP contribution in [0, 0.1) is 0 Å². The summed E-state index contributed by atoms with van der Waals surface area (Å²) in [5.74, 6) is -1.22. The lowest BCUT2D eigenvalue weighted by molar-refractivity contribution is 0.0692. The van der Waals surface area contributed by atoms with Crippen LogP contribution in [0.15, 0.2) is 54.0 Å². The molecule has 2 aromatic carbocycles. The van der Waals surface area contributed by atoms with Gasteiger partial charge in [-0.2, -0.15) is 0 Å². The number of carbonyl (C=O) groups is 2. The molecule has 1 N–H and O–H groups in total. The van der Waals surface area contributed by atoms with Gasteiger partial charge in [0, 0.05) is 13.0 Å². The smallest absolute Gasteiger partial charge is 0.414 e. The number of hydrogen-bond donors (Lipinski definition) is 1. The number of fused-ring (bicyclic) bond motifs is 3. The number of anilines is 1. The van der Waals surface area contributed by atoms with Crippen LogP contribution in [0.2, 0.25) is 0 Å². The van der Waals surface area contributed by atoms with Crippen LogP contribution in [0.4, 0.5) is 9.80 Å². The number of nitrogens with zero attached hydrogens (tertiary/aromatic N) is 2. The summed E-state index contributed by atoms with van der Waals surface area (Å²) in [4.78, 5) is 28.7. The van der Waals surface area contributed by atoms with Gasteiger partial charge in [-0.3, -0.25) is 4.90 Å². The maximum Gasteiger partial charge on any atom is 0.414 e. The number of carboxylic acid groups (broad SMARTS) is 1. The first-order chi connectivity index (χ1) is 13.1. The van der Waals surface area contributed by atoms with E-state index in [0.717, 1.165) is 33.6 Å². The molecule has 1 aliphatic carbocycles. The maximum absolute atomic E-state index is 12.5. The molecule has 0 radical (unpaired) electrons. The summed E-state index contributed by atoms with van der Waals surface area (Å²) < 4.78 is 5.53. The number of aromatic nitrogens is 1. The SMILES string of the molecule is CN(C(=O)OCC1c2ccccc2-c2ccccc21)c1scnc1C(=O)O. The van der Waals surface area contributed by atoms with Crippen molar-refractivity contribution in [1.82, 2.24) is 4.98 Å². The number of thiazole rings is 1. The van der Waals surface area contributed by atoms with Crippen molar-refractivity contribution in [3.63, 3.8) is 0 Å². The fourth-order valence-corrected chi connectivity index (χ4v) is 4.14. The highest BCUT2D eigenvalue weighted by molar-refractivity contribution is 7.14. The van der Waals surface area contributed by atoms with Gasteiger partial charge in [-0.05, 0) is 22.3 Å². The van der Waals surface area contributed by atoms with Crippen molar-refractivity contribution in [1.29, 1.82) is 0 Å². The summed E-state index contributed by atoms with van der Waals surface area (Å²) in [7, 11) is 1.48. The van der Waals surface area contributed by atoms with E-state index in [4.69, 9.17) is 4.74 Å². The average Bonchev–Trinajstić information content (AvgIpc) is 3.29. The van der Waals surface area contributed by atoms with Gasteiger partial charge >= 0.3 is 12.1 Å². The van der Waals surface area contributed by atoms with Gasteiger partial charge < -0.3 is 9.84 Å². The van der Waals surface area contributed by atoms with Crippen LogP contribution < -0.4 is 4.90 Å². The van der Waals surface area contributed by atoms with Gasteiger partial charge in [0.15, 0.2) is 5.69 Å². The predicted octanol–water partition coefficient (Wildman–Crippen LogP) is 4.23. The second-order valence-electron chi connectivity index (χ2n) is 6.17. The normalized spacial score (nSPS) is 12.3. The van der Waals surface area contributed by atoms with E-state index in [1.165, 1.54) is 17.5 Å². The summed E-state index contributed by atoms with van der Waals surface area (Å²) in [6, 6.07) is 16.2. The first kappa shape index (κ1) is 17.2. The molecule has 0 saturated heterocycles. The zero-order valence-electron chi connectivity index (χ0n) is 14.5. The number of carbonyl (C=O) groups excluding carboxylic acids is 1. The van der Waals surface area contributed by atoms with E-state index in [-0.39, 0.29) is 23.2 Å². The van der Waals surface area contributed by atoms with E-state index >= 15 is 0 Å². The Kier molecular flexibility index (Phi) is 4.37. The molecule has 0 unspecified atom stereocenters. The van der Waals surface area contributed by atoms with Crippen molar-refractivity contribution >= 4 is 28.4 Å². The first-order valence-electron chi connectivity index (χ1n) is 8.33. The Morgan fingerprint density at radius 2 is 1.70 bits per heavy atom. The van der Waals surface area contributed by atoms with Crippen molar-refractivity contribution in [3.8, 4) is 11.1 Å². The van der Waals surface area contributed by atoms with Gasteiger partial charge in [-0.1, -0.05) is 48.5 Å². The molecule has 0 spiro atoms. The van der Waals surface area contributed by atoms with Gasteiger partial charge in [-0.15, -0.1) is 11.3 Å². The molecule has 0 saturated carbocycles. The Hall–Kier alpha value is -3.19. The lowest BCUT2D eigenvalue weighted by Crippen LogP contribution is -2.29. The molecule has 4 rings (SSSR count). The quantitative estimate of drug-likeness (QED) is 0.733. The van der Waals surface area contributed by atoms with Crippen LogP contribution in [-0.4, -0.2) is 35.8 Å². The predicted molar refractivity (Wildman–Crippen MR) is 103 cm³/mol. The number of rotatable bonds is 4. The van der Waals surface area contributed by atoms with E-state index in [2.05, 4.69) is 17.1 Å². The van der Waals surface area contributed by atoms with Gasteiger partial charge in [0.1, 0.15) is 11.6 Å². The van der Waals surface area contributed by atoms with E-state index in [1.807, 2.05) is 36.4 Å². The van der Waals surface area contributed by atoms with Gasteiger partial charge in [-0.25, -0.2) is 14.6 Å². The van der Waals surface area contributed by atoms with Crippen molar-refractivity contribution in [2.75, 3.05) is 18.6 Å². The Bertz CT molecular complexity index is 985. The van der Waals surface area contributed by atoms with Crippen LogP contribution in [-0.2, 0) is 4.74 Å². The van der Waals surface area contributed by atoms with Crippen LogP contribution in [0.3, 0.4) is 0 Å². The monoisotopic (exact) mass is 380 g/mol. The summed E-state index contributed by atoms with van der Waals surface area (Å²) in [6.07, 6.45) is -0.608. The zero-order chi connectivity index (χ0) is 19.0. The standard InChI is InChI=1S/C20H16N2O4S/c1-22(18-17(19(23)24)21-11-27-18)20(25)26-10-16-14-8-4-2-6-12(14)13-7-3-5-9-15(13)16/h2-9,11,16H,10H2,1H3,(H,23,24). The number of benzene rings is 2. The first-order valence-corrected chi connectivity index (χ1v) is 9.21. The van der Waals surface area contributed by atoms with E-state index < -0.39 is 12.1 Å². The molecule has 27 heavy (non-hydrogen) atoms. The molecule has 0 bridgehead atoms. The van der Waals surface area contributed by atoms with Crippen molar-refractivity contribution in [2.24, 2.45) is 0 Å². The average molecular weight is 380 g/mol. The minimum Gasteiger partial charge on any atom is -0.476 e. The third kappa shape index (κ3) is 2.96. The molecule has 6 nitrogen and oxygen atoms in total. The molecular weight excluding hydrogens is 364 g/mol. The molecule has 1 aliphatic rings. The highest BCUT2D eigenvalue weighted by atomic mass is 32.1. The van der Waals surface area contributed by atoms with Crippen LogP contribution >= 0.6 is 11.3 Å². The molecule has 3 aromatic rings. The van der Waals surface area contributed by atoms with Crippen LogP contribution in [0.5, 0.6) is 0 Å². The van der Waals surface area contributed by atoms with Crippen LogP contribution in [0.25, 0.3) is 11.1 Å². The number of ether oxygens (including phenoxy) is 1. The zero-order valence-corrected chi connectivity index (χ0v) is 15.3. The number of hydrogen-bond acceptors (Lipinski definition) is 5. The molecule has 0 aliphatic heterocycles. The summed E-state index contributed by atoms with van der Waals surface area (Å²) in [5.41, 5.74) is 5.79. The minimum absolute atomic E-state index is 0.0462. The Morgan fingerprint density at radius 3 is 2.30 bits per heavy atom. The molecule has 1 aromatic heterocycles. The van der Waals surface area contributed by atoms with Gasteiger partial charge in [0.25, 0.3) is 0 Å². The Balaban J connectivity index is 1.54. The van der Waals surface area contributed by atoms with E-state index in [0.29, 0.717) is 0 Å². The number of aromatic carboxylic acids is 1. The van der Waals surface area contributed by atoms with Crippen molar-refractivity contribution in [3.05, 3.63) is 70.9 Å². The van der Waals surface area contributed by atoms with Gasteiger partial charge in [0.05, 0.1) is 5.51 Å². The van der Waals surface area contributed by atoms with E-state index in [1.54, 1.807) is 0 Å².